The molecule has 180 valence electrons. The summed E-state index contributed by atoms with van der Waals surface area (Å²) in [4.78, 5) is 10.7. The van der Waals surface area contributed by atoms with Crippen molar-refractivity contribution < 1.29 is 31.4 Å². The second-order valence-corrected chi connectivity index (χ2v) is 9.13. The number of benzene rings is 1. The molecule has 11 nitrogen and oxygen atoms in total. The van der Waals surface area contributed by atoms with Crippen LogP contribution in [0.25, 0.3) is 16.6 Å². The molecule has 0 saturated heterocycles. The van der Waals surface area contributed by atoms with Crippen molar-refractivity contribution in [1.82, 2.24) is 24.7 Å². The molecule has 3 heterocycles. The minimum atomic E-state index is -4.21. The second kappa shape index (κ2) is 9.42. The summed E-state index contributed by atoms with van der Waals surface area (Å²) in [5, 5.41) is 4.59. The Labute approximate surface area is 200 Å². The van der Waals surface area contributed by atoms with Crippen LogP contribution < -0.4 is 18.9 Å². The number of alkyl halides is 2. The zero-order chi connectivity index (χ0) is 24.5. The summed E-state index contributed by atoms with van der Waals surface area (Å²) in [5.41, 5.74) is 1.13. The Morgan fingerprint density at radius 3 is 2.50 bits per heavy atom. The molecule has 0 amide bonds. The van der Waals surface area contributed by atoms with E-state index in [4.69, 9.17) is 14.2 Å². The van der Waals surface area contributed by atoms with Crippen LogP contribution in [-0.4, -0.2) is 60.4 Å². The van der Waals surface area contributed by atoms with Gasteiger partial charge >= 0.3 is 0 Å². The molecular formula is C19H17BrF2N6O5S. The van der Waals surface area contributed by atoms with Crippen LogP contribution in [0, 0.1) is 0 Å². The van der Waals surface area contributed by atoms with Gasteiger partial charge < -0.3 is 19.2 Å². The number of hydrogen-bond acceptors (Lipinski definition) is 8. The number of sulfonamides is 1. The third kappa shape index (κ3) is 4.48. The number of methoxy groups -OCH3 is 2. The van der Waals surface area contributed by atoms with E-state index in [-0.39, 0.29) is 22.4 Å². The molecule has 1 aromatic carbocycles. The van der Waals surface area contributed by atoms with E-state index in [1.165, 1.54) is 20.4 Å². The van der Waals surface area contributed by atoms with Gasteiger partial charge in [0.05, 0.1) is 19.7 Å². The Balaban J connectivity index is 1.73. The molecule has 0 bridgehead atoms. The Morgan fingerprint density at radius 1 is 1.21 bits per heavy atom. The molecule has 0 spiro atoms. The van der Waals surface area contributed by atoms with Crippen molar-refractivity contribution in [2.75, 3.05) is 25.5 Å². The fourth-order valence-corrected chi connectivity index (χ4v) is 4.79. The maximum absolute atomic E-state index is 13.2. The smallest absolute Gasteiger partial charge is 0.272 e. The quantitative estimate of drug-likeness (QED) is 0.319. The molecule has 0 aliphatic carbocycles. The van der Waals surface area contributed by atoms with Crippen LogP contribution in [0.4, 0.5) is 14.7 Å². The Hall–Kier alpha value is -3.46. The topological polar surface area (TPSA) is 133 Å². The van der Waals surface area contributed by atoms with E-state index in [1.807, 2.05) is 0 Å². The lowest BCUT2D eigenvalue weighted by molar-refractivity contribution is 0.0781. The molecule has 0 fully saturated rings. The number of hydrogen-bond donors (Lipinski definition) is 2. The third-order valence-corrected chi connectivity index (χ3v) is 6.54. The van der Waals surface area contributed by atoms with Gasteiger partial charge in [0.25, 0.3) is 28.2 Å². The number of ether oxygens (including phenoxy) is 3. The van der Waals surface area contributed by atoms with Crippen molar-refractivity contribution in [2.24, 2.45) is 0 Å². The number of fused-ring (bicyclic) bond motifs is 1. The predicted octanol–water partition coefficient (Wildman–Crippen LogP) is 3.37. The summed E-state index contributed by atoms with van der Waals surface area (Å²) >= 11 is 3.46. The average Bonchev–Trinajstić information content (AvgIpc) is 3.47. The largest absolute Gasteiger partial charge is 0.478 e. The maximum atomic E-state index is 13.2. The van der Waals surface area contributed by atoms with Gasteiger partial charge in [-0.05, 0) is 28.1 Å². The molecule has 0 radical (unpaired) electrons. The predicted molar refractivity (Wildman–Crippen MR) is 121 cm³/mol. The van der Waals surface area contributed by atoms with Crippen LogP contribution in [0.3, 0.4) is 0 Å². The number of H-pyrrole nitrogens is 1. The van der Waals surface area contributed by atoms with Gasteiger partial charge in [-0.1, -0.05) is 6.07 Å². The fourth-order valence-electron chi connectivity index (χ4n) is 3.16. The SMILES string of the molecule is COc1nc(NS(=O)(=O)c2c[nH]c3c(-n4cccn4)c(Br)ccc23)nc(OC)c1OCC(F)F. The Morgan fingerprint density at radius 2 is 1.91 bits per heavy atom. The molecule has 0 unspecified atom stereocenters. The molecule has 0 atom stereocenters. The van der Waals surface area contributed by atoms with Crippen LogP contribution in [-0.2, 0) is 10.0 Å². The van der Waals surface area contributed by atoms with Crippen LogP contribution in [0.1, 0.15) is 0 Å². The fraction of sp³-hybridized carbons (Fsp3) is 0.211. The van der Waals surface area contributed by atoms with Crippen LogP contribution in [0.15, 0.2) is 46.2 Å². The lowest BCUT2D eigenvalue weighted by Crippen LogP contribution is -2.16. The van der Waals surface area contributed by atoms with Crippen molar-refractivity contribution in [1.29, 1.82) is 0 Å². The van der Waals surface area contributed by atoms with E-state index in [0.29, 0.717) is 21.1 Å². The monoisotopic (exact) mass is 558 g/mol. The average molecular weight is 559 g/mol. The number of anilines is 1. The summed E-state index contributed by atoms with van der Waals surface area (Å²) in [7, 11) is -1.78. The van der Waals surface area contributed by atoms with Gasteiger partial charge in [0.15, 0.2) is 0 Å². The highest BCUT2D eigenvalue weighted by Crippen LogP contribution is 2.37. The second-order valence-electron chi connectivity index (χ2n) is 6.62. The molecule has 0 aliphatic heterocycles. The molecule has 2 N–H and O–H groups in total. The highest BCUT2D eigenvalue weighted by molar-refractivity contribution is 9.10. The van der Waals surface area contributed by atoms with Gasteiger partial charge in [0.2, 0.25) is 11.7 Å². The lowest BCUT2D eigenvalue weighted by atomic mass is 10.2. The summed E-state index contributed by atoms with van der Waals surface area (Å²) in [5.74, 6) is -1.26. The molecule has 0 aliphatic rings. The molecular weight excluding hydrogens is 542 g/mol. The van der Waals surface area contributed by atoms with Gasteiger partial charge in [-0.15, -0.1) is 0 Å². The van der Waals surface area contributed by atoms with Gasteiger partial charge in [0, 0.05) is 28.4 Å². The number of nitrogens with one attached hydrogen (secondary N) is 2. The first-order valence-electron chi connectivity index (χ1n) is 9.48. The maximum Gasteiger partial charge on any atom is 0.272 e. The lowest BCUT2D eigenvalue weighted by Gasteiger charge is -2.14. The van der Waals surface area contributed by atoms with E-state index < -0.39 is 29.0 Å². The van der Waals surface area contributed by atoms with Gasteiger partial charge in [-0.25, -0.2) is 26.6 Å². The highest BCUT2D eigenvalue weighted by Gasteiger charge is 2.26. The van der Waals surface area contributed by atoms with Crippen LogP contribution in [0.2, 0.25) is 0 Å². The number of halogens is 3. The van der Waals surface area contributed by atoms with Crippen molar-refractivity contribution in [3.63, 3.8) is 0 Å². The van der Waals surface area contributed by atoms with Crippen molar-refractivity contribution in [3.8, 4) is 23.2 Å². The molecule has 4 aromatic rings. The molecule has 0 saturated carbocycles. The van der Waals surface area contributed by atoms with E-state index in [2.05, 4.69) is 40.7 Å². The zero-order valence-corrected chi connectivity index (χ0v) is 20.0. The van der Waals surface area contributed by atoms with Crippen LogP contribution >= 0.6 is 15.9 Å². The number of rotatable bonds is 9. The number of nitrogens with zero attached hydrogens (tertiary/aromatic N) is 4. The molecule has 34 heavy (non-hydrogen) atoms. The van der Waals surface area contributed by atoms with E-state index in [0.717, 1.165) is 0 Å². The summed E-state index contributed by atoms with van der Waals surface area (Å²) < 4.78 is 71.1. The van der Waals surface area contributed by atoms with Crippen molar-refractivity contribution in [3.05, 3.63) is 41.3 Å². The molecule has 3 aromatic heterocycles. The summed E-state index contributed by atoms with van der Waals surface area (Å²) in [6, 6.07) is 5.06. The minimum Gasteiger partial charge on any atom is -0.478 e. The van der Waals surface area contributed by atoms with Crippen molar-refractivity contribution in [2.45, 2.75) is 11.3 Å². The zero-order valence-electron chi connectivity index (χ0n) is 17.6. The first kappa shape index (κ1) is 23.7. The highest BCUT2D eigenvalue weighted by atomic mass is 79.9. The van der Waals surface area contributed by atoms with Gasteiger partial charge in [-0.3, -0.25) is 0 Å². The van der Waals surface area contributed by atoms with Gasteiger partial charge in [0.1, 0.15) is 17.2 Å². The molecule has 4 rings (SSSR count). The number of aromatic nitrogens is 5. The standard InChI is InChI=1S/C19H17BrF2N6O5S/c1-31-17-16(33-9-13(21)22)18(32-2)26-19(25-17)27-34(29,30)12-8-23-14-10(12)4-5-11(20)15(14)28-7-3-6-24-28/h3-8,13,23H,9H2,1-2H3,(H,25,26,27). The van der Waals surface area contributed by atoms with Crippen LogP contribution in [0.5, 0.6) is 17.5 Å². The normalized spacial score (nSPS) is 11.7. The Kier molecular flexibility index (Phi) is 6.56. The van der Waals surface area contributed by atoms with Gasteiger partial charge in [-0.2, -0.15) is 15.1 Å². The Bertz CT molecular complexity index is 1400. The van der Waals surface area contributed by atoms with E-state index in [9.17, 15) is 17.2 Å². The van der Waals surface area contributed by atoms with E-state index in [1.54, 1.807) is 35.3 Å². The first-order chi connectivity index (χ1) is 16.2. The first-order valence-corrected chi connectivity index (χ1v) is 11.8. The van der Waals surface area contributed by atoms with Crippen molar-refractivity contribution >= 4 is 42.8 Å². The van der Waals surface area contributed by atoms with E-state index >= 15 is 0 Å². The summed E-state index contributed by atoms with van der Waals surface area (Å²) in [6.07, 6.45) is 1.87. The molecule has 15 heteroatoms. The third-order valence-electron chi connectivity index (χ3n) is 4.53. The number of aromatic amines is 1. The minimum absolute atomic E-state index is 0.0806. The summed E-state index contributed by atoms with van der Waals surface area (Å²) in [6.45, 7) is -0.954.